The van der Waals surface area contributed by atoms with E-state index in [4.69, 9.17) is 14.0 Å². The fraction of sp³-hybridized carbons (Fsp3) is 1.00. The molecule has 0 radical (unpaired) electrons. The van der Waals surface area contributed by atoms with E-state index >= 15 is 0 Å². The standard InChI is InChI=1S/C8H16BO8P/c1-12-17-18(11,13-2)16-6-5-7(9)15-8(6,3-10)4-14-5/h5-7,10H,3-4,9H2,1-2H3/t5?,6-,7-,8-,18?/m1/s1. The molecule has 0 aromatic carbocycles. The zero-order chi connectivity index (χ0) is 13.4. The highest BCUT2D eigenvalue weighted by Gasteiger charge is 2.62. The van der Waals surface area contributed by atoms with Gasteiger partial charge in [-0.25, -0.2) is 9.45 Å². The first-order chi connectivity index (χ1) is 8.50. The van der Waals surface area contributed by atoms with Crippen molar-refractivity contribution in [2.24, 2.45) is 0 Å². The lowest BCUT2D eigenvalue weighted by Crippen LogP contribution is -2.45. The zero-order valence-corrected chi connectivity index (χ0v) is 11.3. The minimum Gasteiger partial charge on any atom is -0.393 e. The fourth-order valence-electron chi connectivity index (χ4n) is 2.28. The molecule has 2 unspecified atom stereocenters. The second kappa shape index (κ2) is 5.18. The Morgan fingerprint density at radius 3 is 2.78 bits per heavy atom. The molecule has 10 heteroatoms. The minimum atomic E-state index is -3.86. The van der Waals surface area contributed by atoms with Gasteiger partial charge in [-0.3, -0.25) is 9.05 Å². The molecular weight excluding hydrogens is 266 g/mol. The van der Waals surface area contributed by atoms with E-state index < -0.39 is 25.6 Å². The van der Waals surface area contributed by atoms with E-state index in [1.54, 1.807) is 7.85 Å². The topological polar surface area (TPSA) is 92.7 Å². The van der Waals surface area contributed by atoms with E-state index in [1.807, 2.05) is 0 Å². The van der Waals surface area contributed by atoms with Gasteiger partial charge in [0, 0.05) is 7.11 Å². The van der Waals surface area contributed by atoms with Gasteiger partial charge in [0.1, 0.15) is 25.7 Å². The molecule has 0 amide bonds. The number of ether oxygens (including phenoxy) is 2. The van der Waals surface area contributed by atoms with Gasteiger partial charge in [-0.05, 0) is 0 Å². The first-order valence-corrected chi connectivity index (χ1v) is 6.93. The highest BCUT2D eigenvalue weighted by molar-refractivity contribution is 7.48. The first-order valence-electron chi connectivity index (χ1n) is 5.47. The number of hydrogen-bond acceptors (Lipinski definition) is 8. The number of phosphoric acid groups is 1. The molecule has 2 rings (SSSR count). The third-order valence-electron chi connectivity index (χ3n) is 3.12. The SMILES string of the molecule is B[C@@H]1O[C@]2(CO)COC1[C@H]2OP(=O)(OC)OOC. The van der Waals surface area contributed by atoms with Crippen molar-refractivity contribution in [2.45, 2.75) is 23.8 Å². The van der Waals surface area contributed by atoms with Gasteiger partial charge in [0.15, 0.2) is 0 Å². The van der Waals surface area contributed by atoms with Gasteiger partial charge in [0.25, 0.3) is 0 Å². The smallest absolute Gasteiger partial charge is 0.393 e. The van der Waals surface area contributed by atoms with Crippen LogP contribution >= 0.6 is 7.82 Å². The number of rotatable bonds is 6. The van der Waals surface area contributed by atoms with E-state index in [0.717, 1.165) is 0 Å². The van der Waals surface area contributed by atoms with E-state index in [9.17, 15) is 9.67 Å². The van der Waals surface area contributed by atoms with Crippen molar-refractivity contribution >= 4 is 15.7 Å². The molecule has 104 valence electrons. The van der Waals surface area contributed by atoms with Gasteiger partial charge < -0.3 is 14.6 Å². The molecule has 2 fully saturated rings. The van der Waals surface area contributed by atoms with E-state index in [0.29, 0.717) is 0 Å². The Kier molecular flexibility index (Phi) is 4.15. The van der Waals surface area contributed by atoms with Crippen molar-refractivity contribution in [1.29, 1.82) is 0 Å². The van der Waals surface area contributed by atoms with Crippen LogP contribution in [-0.2, 0) is 32.6 Å². The van der Waals surface area contributed by atoms with Crippen LogP contribution in [0.25, 0.3) is 0 Å². The molecule has 0 aromatic rings. The second-order valence-electron chi connectivity index (χ2n) is 4.22. The third-order valence-corrected chi connectivity index (χ3v) is 4.38. The zero-order valence-electron chi connectivity index (χ0n) is 10.4. The summed E-state index contributed by atoms with van der Waals surface area (Å²) in [7, 11) is 0.289. The highest BCUT2D eigenvalue weighted by atomic mass is 31.2. The van der Waals surface area contributed by atoms with Crippen molar-refractivity contribution in [3.8, 4) is 0 Å². The molecule has 1 N–H and O–H groups in total. The Hall–Kier alpha value is 0.0149. The van der Waals surface area contributed by atoms with E-state index in [-0.39, 0.29) is 19.2 Å². The van der Waals surface area contributed by atoms with Crippen LogP contribution in [0.3, 0.4) is 0 Å². The Balaban J connectivity index is 2.16. The summed E-state index contributed by atoms with van der Waals surface area (Å²) in [4.78, 5) is 4.34. The summed E-state index contributed by atoms with van der Waals surface area (Å²) in [6, 6.07) is -0.274. The molecule has 5 atom stereocenters. The Morgan fingerprint density at radius 1 is 1.56 bits per heavy atom. The summed E-state index contributed by atoms with van der Waals surface area (Å²) in [6.45, 7) is -0.144. The number of phosphoric ester groups is 1. The molecule has 8 nitrogen and oxygen atoms in total. The average Bonchev–Trinajstić information content (AvgIpc) is 2.81. The monoisotopic (exact) mass is 282 g/mol. The Labute approximate surface area is 105 Å². The van der Waals surface area contributed by atoms with Crippen molar-refractivity contribution in [2.75, 3.05) is 27.4 Å². The van der Waals surface area contributed by atoms with Gasteiger partial charge in [-0.15, -0.1) is 4.67 Å². The molecular formula is C8H16BO8P. The van der Waals surface area contributed by atoms with E-state index in [1.165, 1.54) is 14.2 Å². The van der Waals surface area contributed by atoms with Crippen LogP contribution in [0, 0.1) is 0 Å². The van der Waals surface area contributed by atoms with Gasteiger partial charge in [0.2, 0.25) is 0 Å². The molecule has 0 saturated carbocycles. The first kappa shape index (κ1) is 14.4. The van der Waals surface area contributed by atoms with Gasteiger partial charge in [-0.1, -0.05) is 0 Å². The lowest BCUT2D eigenvalue weighted by molar-refractivity contribution is -0.205. The van der Waals surface area contributed by atoms with Crippen LogP contribution < -0.4 is 0 Å². The summed E-state index contributed by atoms with van der Waals surface area (Å²) in [6.07, 6.45) is -1.17. The summed E-state index contributed by atoms with van der Waals surface area (Å²) >= 11 is 0. The molecule has 0 spiro atoms. The molecule has 2 heterocycles. The minimum absolute atomic E-state index is 0.167. The normalized spacial score (nSPS) is 42.1. The summed E-state index contributed by atoms with van der Waals surface area (Å²) in [5, 5.41) is 9.44. The quantitative estimate of drug-likeness (QED) is 0.282. The van der Waals surface area contributed by atoms with Gasteiger partial charge >= 0.3 is 7.82 Å². The van der Waals surface area contributed by atoms with Crippen LogP contribution in [0.4, 0.5) is 0 Å². The summed E-state index contributed by atoms with van der Waals surface area (Å²) < 4.78 is 37.6. The summed E-state index contributed by atoms with van der Waals surface area (Å²) in [5.74, 6) is 0. The number of hydrogen-bond donors (Lipinski definition) is 1. The fourth-order valence-corrected chi connectivity index (χ4v) is 3.23. The Morgan fingerprint density at radius 2 is 2.28 bits per heavy atom. The van der Waals surface area contributed by atoms with Crippen molar-refractivity contribution in [3.63, 3.8) is 0 Å². The maximum absolute atomic E-state index is 12.0. The van der Waals surface area contributed by atoms with Gasteiger partial charge in [-0.2, -0.15) is 0 Å². The molecule has 2 saturated heterocycles. The van der Waals surface area contributed by atoms with Crippen LogP contribution in [-0.4, -0.2) is 64.2 Å². The molecule has 2 aliphatic heterocycles. The van der Waals surface area contributed by atoms with Crippen LogP contribution in [0.15, 0.2) is 0 Å². The van der Waals surface area contributed by atoms with Crippen LogP contribution in [0.1, 0.15) is 0 Å². The molecule has 18 heavy (non-hydrogen) atoms. The van der Waals surface area contributed by atoms with Crippen LogP contribution in [0.5, 0.6) is 0 Å². The van der Waals surface area contributed by atoms with Crippen molar-refractivity contribution in [3.05, 3.63) is 0 Å². The summed E-state index contributed by atoms with van der Waals surface area (Å²) in [5.41, 5.74) is -1.03. The number of aliphatic hydroxyl groups is 1. The predicted molar refractivity (Wildman–Crippen MR) is 60.6 cm³/mol. The lowest BCUT2D eigenvalue weighted by atomic mass is 9.92. The van der Waals surface area contributed by atoms with Crippen molar-refractivity contribution in [1.82, 2.24) is 0 Å². The van der Waals surface area contributed by atoms with Crippen LogP contribution in [0.2, 0.25) is 0 Å². The third kappa shape index (κ3) is 2.25. The highest BCUT2D eigenvalue weighted by Crippen LogP contribution is 2.55. The molecule has 2 aliphatic rings. The Bertz CT molecular complexity index is 354. The molecule has 0 aromatic heterocycles. The van der Waals surface area contributed by atoms with E-state index in [2.05, 4.69) is 14.1 Å². The second-order valence-corrected chi connectivity index (χ2v) is 5.84. The number of aliphatic hydroxyl groups excluding tert-OH is 1. The van der Waals surface area contributed by atoms with Crippen molar-refractivity contribution < 1.29 is 37.8 Å². The number of fused-ring (bicyclic) bond motifs is 2. The maximum Gasteiger partial charge on any atom is 0.502 e. The lowest BCUT2D eigenvalue weighted by Gasteiger charge is -2.29. The molecule has 2 bridgehead atoms. The maximum atomic E-state index is 12.0. The largest absolute Gasteiger partial charge is 0.502 e. The van der Waals surface area contributed by atoms with Gasteiger partial charge in [0.05, 0.1) is 26.3 Å². The predicted octanol–water partition coefficient (Wildman–Crippen LogP) is -1.18. The average molecular weight is 282 g/mol. The molecule has 0 aliphatic carbocycles.